The maximum atomic E-state index is 11.2. The van der Waals surface area contributed by atoms with Gasteiger partial charge in [-0.2, -0.15) is 0 Å². The number of hydrogen-bond donors (Lipinski definition) is 0. The Labute approximate surface area is 171 Å². The summed E-state index contributed by atoms with van der Waals surface area (Å²) in [6.07, 6.45) is 3.72. The number of carbonyl (C=O) groups is 1. The minimum Gasteiger partial charge on any atom is -0.493 e. The van der Waals surface area contributed by atoms with Gasteiger partial charge in [0, 0.05) is 18.4 Å². The van der Waals surface area contributed by atoms with Crippen LogP contribution < -0.4 is 4.74 Å². The van der Waals surface area contributed by atoms with Crippen LogP contribution in [0.4, 0.5) is 0 Å². The number of aromatic nitrogens is 1. The molecule has 0 aliphatic heterocycles. The Morgan fingerprint density at radius 1 is 1.00 bits per heavy atom. The first-order valence-electron chi connectivity index (χ1n) is 9.96. The summed E-state index contributed by atoms with van der Waals surface area (Å²) in [5, 5.41) is 0. The maximum Gasteiger partial charge on any atom is 0.305 e. The summed E-state index contributed by atoms with van der Waals surface area (Å²) in [6.45, 7) is 2.46. The van der Waals surface area contributed by atoms with Crippen molar-refractivity contribution < 1.29 is 18.7 Å². The van der Waals surface area contributed by atoms with Gasteiger partial charge in [-0.1, -0.05) is 36.4 Å². The second-order valence-corrected chi connectivity index (χ2v) is 6.88. The fraction of sp³-hybridized carbons (Fsp3) is 0.333. The van der Waals surface area contributed by atoms with Gasteiger partial charge in [-0.25, -0.2) is 4.98 Å². The maximum absolute atomic E-state index is 11.2. The third-order valence-electron chi connectivity index (χ3n) is 4.79. The van der Waals surface area contributed by atoms with Gasteiger partial charge in [-0.15, -0.1) is 0 Å². The fourth-order valence-electron chi connectivity index (χ4n) is 3.16. The molecule has 0 saturated carbocycles. The molecule has 0 atom stereocenters. The lowest BCUT2D eigenvalue weighted by molar-refractivity contribution is -0.140. The van der Waals surface area contributed by atoms with Crippen LogP contribution in [0.5, 0.6) is 5.75 Å². The van der Waals surface area contributed by atoms with Crippen molar-refractivity contribution in [3.05, 3.63) is 71.6 Å². The van der Waals surface area contributed by atoms with Crippen molar-refractivity contribution in [2.24, 2.45) is 0 Å². The quantitative estimate of drug-likeness (QED) is 0.352. The lowest BCUT2D eigenvalue weighted by atomic mass is 10.1. The van der Waals surface area contributed by atoms with Crippen LogP contribution in [0.3, 0.4) is 0 Å². The Morgan fingerprint density at radius 3 is 2.55 bits per heavy atom. The molecular formula is C24H27NO4. The van der Waals surface area contributed by atoms with E-state index in [2.05, 4.69) is 15.8 Å². The highest BCUT2D eigenvalue weighted by molar-refractivity contribution is 5.69. The van der Waals surface area contributed by atoms with E-state index in [1.54, 1.807) is 0 Å². The normalized spacial score (nSPS) is 10.7. The highest BCUT2D eigenvalue weighted by Crippen LogP contribution is 2.23. The van der Waals surface area contributed by atoms with Crippen LogP contribution >= 0.6 is 0 Å². The number of hydrogen-bond acceptors (Lipinski definition) is 5. The summed E-state index contributed by atoms with van der Waals surface area (Å²) in [7, 11) is 1.42. The lowest BCUT2D eigenvalue weighted by Crippen LogP contribution is -2.05. The van der Waals surface area contributed by atoms with Crippen LogP contribution in [0.1, 0.15) is 36.3 Å². The largest absolute Gasteiger partial charge is 0.493 e. The van der Waals surface area contributed by atoms with Gasteiger partial charge in [0.1, 0.15) is 11.5 Å². The zero-order valence-electron chi connectivity index (χ0n) is 17.0. The molecule has 3 aromatic rings. The van der Waals surface area contributed by atoms with Gasteiger partial charge in [0.25, 0.3) is 0 Å². The smallest absolute Gasteiger partial charge is 0.305 e. The number of nitrogens with zero attached hydrogens (tertiary/aromatic N) is 1. The van der Waals surface area contributed by atoms with Crippen LogP contribution in [-0.2, 0) is 22.4 Å². The molecule has 1 heterocycles. The predicted molar refractivity (Wildman–Crippen MR) is 112 cm³/mol. The number of para-hydroxylation sites is 1. The molecule has 5 nitrogen and oxygen atoms in total. The second-order valence-electron chi connectivity index (χ2n) is 6.88. The van der Waals surface area contributed by atoms with Gasteiger partial charge >= 0.3 is 5.97 Å². The average Bonchev–Trinajstić information content (AvgIpc) is 3.13. The van der Waals surface area contributed by atoms with E-state index in [-0.39, 0.29) is 5.97 Å². The lowest BCUT2D eigenvalue weighted by Gasteiger charge is -2.11. The van der Waals surface area contributed by atoms with Crippen LogP contribution in [0.25, 0.3) is 11.5 Å². The van der Waals surface area contributed by atoms with Crippen LogP contribution in [0, 0.1) is 6.92 Å². The van der Waals surface area contributed by atoms with E-state index in [1.165, 1.54) is 7.11 Å². The molecule has 0 aliphatic carbocycles. The minimum atomic E-state index is -0.160. The van der Waals surface area contributed by atoms with Crippen molar-refractivity contribution in [2.45, 2.75) is 39.0 Å². The first-order chi connectivity index (χ1) is 14.2. The number of carbonyl (C=O) groups excluding carboxylic acids is 1. The highest BCUT2D eigenvalue weighted by Gasteiger charge is 2.12. The molecule has 29 heavy (non-hydrogen) atoms. The van der Waals surface area contributed by atoms with E-state index in [0.717, 1.165) is 47.6 Å². The number of oxazole rings is 1. The van der Waals surface area contributed by atoms with Crippen LogP contribution in [0.2, 0.25) is 0 Å². The molecule has 5 heteroatoms. The van der Waals surface area contributed by atoms with Gasteiger partial charge in [0.2, 0.25) is 5.89 Å². The number of rotatable bonds is 10. The summed E-state index contributed by atoms with van der Waals surface area (Å²) in [6, 6.07) is 17.9. The van der Waals surface area contributed by atoms with E-state index in [1.807, 2.05) is 55.5 Å². The van der Waals surface area contributed by atoms with E-state index < -0.39 is 0 Å². The Balaban J connectivity index is 1.53. The fourth-order valence-corrected chi connectivity index (χ4v) is 3.16. The molecule has 2 aromatic carbocycles. The summed E-state index contributed by atoms with van der Waals surface area (Å²) in [5.74, 6) is 2.19. The molecule has 1 aromatic heterocycles. The molecule has 0 bridgehead atoms. The molecule has 0 N–H and O–H groups in total. The van der Waals surface area contributed by atoms with Gasteiger partial charge in [0.15, 0.2) is 0 Å². The van der Waals surface area contributed by atoms with Crippen LogP contribution in [-0.4, -0.2) is 24.7 Å². The van der Waals surface area contributed by atoms with Crippen LogP contribution in [0.15, 0.2) is 59.0 Å². The first kappa shape index (κ1) is 20.6. The number of aryl methyl sites for hydroxylation is 2. The van der Waals surface area contributed by atoms with Crippen molar-refractivity contribution in [3.8, 4) is 17.2 Å². The number of methoxy groups -OCH3 is 1. The minimum absolute atomic E-state index is 0.160. The number of benzene rings is 2. The summed E-state index contributed by atoms with van der Waals surface area (Å²) in [4.78, 5) is 15.9. The third kappa shape index (κ3) is 5.95. The number of ether oxygens (including phenoxy) is 2. The molecule has 0 aliphatic rings. The third-order valence-corrected chi connectivity index (χ3v) is 4.79. The average molecular weight is 393 g/mol. The monoisotopic (exact) mass is 393 g/mol. The topological polar surface area (TPSA) is 61.6 Å². The van der Waals surface area contributed by atoms with Crippen molar-refractivity contribution >= 4 is 5.97 Å². The number of unbranched alkanes of at least 4 members (excludes halogenated alkanes) is 1. The number of esters is 1. The first-order valence-corrected chi connectivity index (χ1v) is 9.96. The molecule has 152 valence electrons. The van der Waals surface area contributed by atoms with Gasteiger partial charge in [0.05, 0.1) is 19.4 Å². The molecule has 0 amide bonds. The molecule has 0 radical (unpaired) electrons. The molecule has 0 saturated heterocycles. The van der Waals surface area contributed by atoms with E-state index >= 15 is 0 Å². The molecule has 0 spiro atoms. The zero-order chi connectivity index (χ0) is 20.5. The summed E-state index contributed by atoms with van der Waals surface area (Å²) < 4.78 is 16.5. The van der Waals surface area contributed by atoms with Crippen molar-refractivity contribution in [2.75, 3.05) is 13.7 Å². The van der Waals surface area contributed by atoms with Crippen molar-refractivity contribution in [3.63, 3.8) is 0 Å². The van der Waals surface area contributed by atoms with Crippen molar-refractivity contribution in [1.82, 2.24) is 4.98 Å². The standard InChI is InChI=1S/C24H27NO4/c1-18-21(25-24(29-18)20-12-4-3-5-13-20)16-17-28-22-14-8-6-10-19(22)11-7-9-15-23(26)27-2/h3-6,8,10,12-14H,7,9,11,15-17H2,1-2H3. The summed E-state index contributed by atoms with van der Waals surface area (Å²) >= 11 is 0. The van der Waals surface area contributed by atoms with E-state index in [9.17, 15) is 4.79 Å². The molecule has 3 rings (SSSR count). The van der Waals surface area contributed by atoms with E-state index in [4.69, 9.17) is 9.15 Å². The molecular weight excluding hydrogens is 366 g/mol. The SMILES string of the molecule is COC(=O)CCCCc1ccccc1OCCc1nc(-c2ccccc2)oc1C. The highest BCUT2D eigenvalue weighted by atomic mass is 16.5. The van der Waals surface area contributed by atoms with Gasteiger partial charge in [-0.3, -0.25) is 4.79 Å². The van der Waals surface area contributed by atoms with E-state index in [0.29, 0.717) is 25.3 Å². The Bertz CT molecular complexity index is 918. The zero-order valence-corrected chi connectivity index (χ0v) is 17.0. The Hall–Kier alpha value is -3.08. The Kier molecular flexibility index (Phi) is 7.45. The summed E-state index contributed by atoms with van der Waals surface area (Å²) in [5.41, 5.74) is 3.04. The molecule has 0 unspecified atom stereocenters. The molecule has 0 fully saturated rings. The predicted octanol–water partition coefficient (Wildman–Crippen LogP) is 5.16. The Morgan fingerprint density at radius 2 is 1.76 bits per heavy atom. The second kappa shape index (κ2) is 10.5. The van der Waals surface area contributed by atoms with Gasteiger partial charge < -0.3 is 13.9 Å². The van der Waals surface area contributed by atoms with Crippen molar-refractivity contribution in [1.29, 1.82) is 0 Å². The van der Waals surface area contributed by atoms with Gasteiger partial charge in [-0.05, 0) is 49.9 Å².